The van der Waals surface area contributed by atoms with Gasteiger partial charge >= 0.3 is 11.9 Å². The van der Waals surface area contributed by atoms with Gasteiger partial charge in [0.25, 0.3) is 0 Å². The van der Waals surface area contributed by atoms with E-state index in [1.54, 1.807) is 6.08 Å². The molecule has 0 saturated heterocycles. The third kappa shape index (κ3) is 4.05. The molecule has 0 N–H and O–H groups in total. The van der Waals surface area contributed by atoms with Crippen molar-refractivity contribution in [1.82, 2.24) is 0 Å². The van der Waals surface area contributed by atoms with Gasteiger partial charge in [0.05, 0.1) is 14.2 Å². The first-order valence-electron chi connectivity index (χ1n) is 5.55. The van der Waals surface area contributed by atoms with Crippen molar-refractivity contribution in [3.05, 3.63) is 48.0 Å². The second-order valence-corrected chi connectivity index (χ2v) is 3.64. The first-order valence-corrected chi connectivity index (χ1v) is 5.55. The van der Waals surface area contributed by atoms with E-state index in [9.17, 15) is 9.59 Å². The summed E-state index contributed by atoms with van der Waals surface area (Å²) >= 11 is 0. The summed E-state index contributed by atoms with van der Waals surface area (Å²) in [6.45, 7) is 0. The fourth-order valence-electron chi connectivity index (χ4n) is 1.46. The predicted molar refractivity (Wildman–Crippen MR) is 66.8 cm³/mol. The van der Waals surface area contributed by atoms with Crippen LogP contribution in [0.4, 0.5) is 0 Å². The zero-order valence-electron chi connectivity index (χ0n) is 10.5. The molecule has 0 unspecified atom stereocenters. The Morgan fingerprint density at radius 3 is 2.17 bits per heavy atom. The van der Waals surface area contributed by atoms with Crippen LogP contribution in [-0.4, -0.2) is 26.2 Å². The molecule has 0 spiro atoms. The van der Waals surface area contributed by atoms with E-state index < -0.39 is 17.9 Å². The molecule has 0 bridgehead atoms. The van der Waals surface area contributed by atoms with Crippen molar-refractivity contribution in [2.45, 2.75) is 6.42 Å². The maximum Gasteiger partial charge on any atom is 0.323 e. The molecular formula is C14H16O4. The van der Waals surface area contributed by atoms with E-state index in [0.717, 1.165) is 5.56 Å². The molecule has 0 heterocycles. The molecule has 0 aliphatic carbocycles. The van der Waals surface area contributed by atoms with Crippen LogP contribution in [0.5, 0.6) is 0 Å². The van der Waals surface area contributed by atoms with Crippen LogP contribution in [0.2, 0.25) is 0 Å². The van der Waals surface area contributed by atoms with Crippen molar-refractivity contribution >= 4 is 11.9 Å². The molecule has 0 fully saturated rings. The molecular weight excluding hydrogens is 232 g/mol. The molecule has 1 aromatic carbocycles. The SMILES string of the molecule is COC(=O)C(/C=C/Cc1ccccc1)C(=O)OC. The average molecular weight is 248 g/mol. The van der Waals surface area contributed by atoms with Gasteiger partial charge in [-0.1, -0.05) is 42.5 Å². The van der Waals surface area contributed by atoms with Gasteiger partial charge in [-0.3, -0.25) is 9.59 Å². The van der Waals surface area contributed by atoms with Crippen molar-refractivity contribution in [2.24, 2.45) is 5.92 Å². The predicted octanol–water partition coefficient (Wildman–Crippen LogP) is 1.75. The van der Waals surface area contributed by atoms with E-state index in [1.807, 2.05) is 30.3 Å². The van der Waals surface area contributed by atoms with E-state index in [-0.39, 0.29) is 0 Å². The van der Waals surface area contributed by atoms with Crippen molar-refractivity contribution in [3.8, 4) is 0 Å². The van der Waals surface area contributed by atoms with Gasteiger partial charge in [-0.05, 0) is 12.0 Å². The van der Waals surface area contributed by atoms with Crippen LogP contribution < -0.4 is 0 Å². The molecule has 0 aliphatic rings. The lowest BCUT2D eigenvalue weighted by atomic mass is 10.1. The molecule has 0 aliphatic heterocycles. The van der Waals surface area contributed by atoms with Crippen molar-refractivity contribution in [1.29, 1.82) is 0 Å². The molecule has 0 radical (unpaired) electrons. The zero-order valence-corrected chi connectivity index (χ0v) is 10.5. The van der Waals surface area contributed by atoms with Gasteiger partial charge in [0.2, 0.25) is 0 Å². The van der Waals surface area contributed by atoms with Gasteiger partial charge in [0.15, 0.2) is 5.92 Å². The highest BCUT2D eigenvalue weighted by Crippen LogP contribution is 2.07. The number of hydrogen-bond donors (Lipinski definition) is 0. The summed E-state index contributed by atoms with van der Waals surface area (Å²) in [7, 11) is 2.48. The maximum atomic E-state index is 11.4. The number of ether oxygens (including phenoxy) is 2. The van der Waals surface area contributed by atoms with Crippen molar-refractivity contribution < 1.29 is 19.1 Å². The largest absolute Gasteiger partial charge is 0.468 e. The monoisotopic (exact) mass is 248 g/mol. The van der Waals surface area contributed by atoms with Crippen LogP contribution in [-0.2, 0) is 25.5 Å². The second-order valence-electron chi connectivity index (χ2n) is 3.64. The average Bonchev–Trinajstić information content (AvgIpc) is 2.43. The summed E-state index contributed by atoms with van der Waals surface area (Å²) in [6.07, 6.45) is 3.91. The lowest BCUT2D eigenvalue weighted by molar-refractivity contribution is -0.156. The molecule has 1 aromatic rings. The van der Waals surface area contributed by atoms with E-state index in [4.69, 9.17) is 0 Å². The topological polar surface area (TPSA) is 52.6 Å². The number of allylic oxidation sites excluding steroid dienone is 1. The van der Waals surface area contributed by atoms with Gasteiger partial charge in [-0.15, -0.1) is 0 Å². The minimum atomic E-state index is -0.997. The quantitative estimate of drug-likeness (QED) is 0.452. The number of benzene rings is 1. The summed E-state index contributed by atoms with van der Waals surface area (Å²) in [5, 5.41) is 0. The smallest absolute Gasteiger partial charge is 0.323 e. The Balaban J connectivity index is 2.66. The van der Waals surface area contributed by atoms with Gasteiger partial charge < -0.3 is 9.47 Å². The van der Waals surface area contributed by atoms with E-state index in [1.165, 1.54) is 20.3 Å². The van der Waals surface area contributed by atoms with E-state index in [2.05, 4.69) is 9.47 Å². The molecule has 0 aromatic heterocycles. The summed E-state index contributed by atoms with van der Waals surface area (Å²) in [6, 6.07) is 9.73. The Morgan fingerprint density at radius 1 is 1.11 bits per heavy atom. The Labute approximate surface area is 106 Å². The molecule has 4 heteroatoms. The first kappa shape index (κ1) is 14.0. The minimum Gasteiger partial charge on any atom is -0.468 e. The number of rotatable bonds is 5. The standard InChI is InChI=1S/C14H16O4/c1-17-13(15)12(14(16)18-2)10-6-9-11-7-4-3-5-8-11/h3-8,10,12H,9H2,1-2H3/b10-6+. The molecule has 4 nitrogen and oxygen atoms in total. The van der Waals surface area contributed by atoms with Crippen LogP contribution in [0.1, 0.15) is 5.56 Å². The van der Waals surface area contributed by atoms with Crippen LogP contribution in [0.3, 0.4) is 0 Å². The minimum absolute atomic E-state index is 0.619. The highest BCUT2D eigenvalue weighted by molar-refractivity contribution is 5.96. The molecule has 0 amide bonds. The number of hydrogen-bond acceptors (Lipinski definition) is 4. The molecule has 0 atom stereocenters. The molecule has 96 valence electrons. The Bertz CT molecular complexity index is 407. The Kier molecular flexibility index (Phi) is 5.64. The fourth-order valence-corrected chi connectivity index (χ4v) is 1.46. The Hall–Kier alpha value is -2.10. The van der Waals surface area contributed by atoms with Gasteiger partial charge in [0, 0.05) is 0 Å². The van der Waals surface area contributed by atoms with Gasteiger partial charge in [-0.25, -0.2) is 0 Å². The summed E-state index contributed by atoms with van der Waals surface area (Å²) in [4.78, 5) is 22.8. The molecule has 0 saturated carbocycles. The van der Waals surface area contributed by atoms with E-state index >= 15 is 0 Å². The zero-order chi connectivity index (χ0) is 13.4. The second kappa shape index (κ2) is 7.27. The molecule has 1 rings (SSSR count). The Morgan fingerprint density at radius 2 is 1.67 bits per heavy atom. The van der Waals surface area contributed by atoms with Gasteiger partial charge in [0.1, 0.15) is 0 Å². The highest BCUT2D eigenvalue weighted by atomic mass is 16.5. The van der Waals surface area contributed by atoms with Crippen LogP contribution in [0.15, 0.2) is 42.5 Å². The van der Waals surface area contributed by atoms with Crippen LogP contribution >= 0.6 is 0 Å². The summed E-state index contributed by atoms with van der Waals surface area (Å²) < 4.78 is 9.09. The third-order valence-electron chi connectivity index (χ3n) is 2.44. The van der Waals surface area contributed by atoms with Crippen molar-refractivity contribution in [3.63, 3.8) is 0 Å². The van der Waals surface area contributed by atoms with Crippen LogP contribution in [0.25, 0.3) is 0 Å². The maximum absolute atomic E-state index is 11.4. The molecule has 18 heavy (non-hydrogen) atoms. The fraction of sp³-hybridized carbons (Fsp3) is 0.286. The third-order valence-corrected chi connectivity index (χ3v) is 2.44. The summed E-state index contributed by atoms with van der Waals surface area (Å²) in [5.41, 5.74) is 1.10. The number of esters is 2. The lowest BCUT2D eigenvalue weighted by Gasteiger charge is -2.07. The number of carbonyl (C=O) groups is 2. The normalized spacial score (nSPS) is 10.6. The van der Waals surface area contributed by atoms with Gasteiger partial charge in [-0.2, -0.15) is 0 Å². The van der Waals surface area contributed by atoms with Crippen LogP contribution in [0, 0.1) is 5.92 Å². The summed E-state index contributed by atoms with van der Waals surface area (Å²) in [5.74, 6) is -2.24. The van der Waals surface area contributed by atoms with Crippen molar-refractivity contribution in [2.75, 3.05) is 14.2 Å². The lowest BCUT2D eigenvalue weighted by Crippen LogP contribution is -2.24. The first-order chi connectivity index (χ1) is 8.69. The number of carbonyl (C=O) groups excluding carboxylic acids is 2. The highest BCUT2D eigenvalue weighted by Gasteiger charge is 2.25. The number of methoxy groups -OCH3 is 2. The van der Waals surface area contributed by atoms with E-state index in [0.29, 0.717) is 6.42 Å².